The fourth-order valence-corrected chi connectivity index (χ4v) is 2.72. The summed E-state index contributed by atoms with van der Waals surface area (Å²) in [6, 6.07) is 12.6. The summed E-state index contributed by atoms with van der Waals surface area (Å²) in [7, 11) is 0. The second kappa shape index (κ2) is 7.97. The third-order valence-corrected chi connectivity index (χ3v) is 4.04. The number of halogens is 1. The molecule has 0 aliphatic heterocycles. The number of amides is 1. The predicted molar refractivity (Wildman–Crippen MR) is 101 cm³/mol. The van der Waals surface area contributed by atoms with Gasteiger partial charge in [-0.15, -0.1) is 10.2 Å². The van der Waals surface area contributed by atoms with Crippen molar-refractivity contribution >= 4 is 23.3 Å². The smallest absolute Gasteiger partial charge is 0.252 e. The molecule has 2 heterocycles. The van der Waals surface area contributed by atoms with Gasteiger partial charge in [0.1, 0.15) is 5.82 Å². The van der Waals surface area contributed by atoms with Gasteiger partial charge in [-0.3, -0.25) is 4.79 Å². The van der Waals surface area contributed by atoms with E-state index in [0.29, 0.717) is 35.3 Å². The van der Waals surface area contributed by atoms with Crippen LogP contribution < -0.4 is 10.6 Å². The average molecular weight is 371 g/mol. The van der Waals surface area contributed by atoms with Crippen molar-refractivity contribution in [3.05, 3.63) is 64.4 Å². The zero-order valence-corrected chi connectivity index (χ0v) is 15.3. The largest absolute Gasteiger partial charge is 0.367 e. The summed E-state index contributed by atoms with van der Waals surface area (Å²) in [5, 5.41) is 19.1. The van der Waals surface area contributed by atoms with E-state index in [1.54, 1.807) is 28.9 Å². The molecule has 3 aromatic rings. The van der Waals surface area contributed by atoms with Gasteiger partial charge in [-0.2, -0.15) is 5.10 Å². The quantitative estimate of drug-likeness (QED) is 0.652. The van der Waals surface area contributed by atoms with Crippen molar-refractivity contribution in [2.75, 3.05) is 18.4 Å². The van der Waals surface area contributed by atoms with Crippen LogP contribution in [0.2, 0.25) is 5.02 Å². The molecule has 0 spiro atoms. The minimum absolute atomic E-state index is 0.205. The Morgan fingerprint density at radius 1 is 1.12 bits per heavy atom. The highest BCUT2D eigenvalue weighted by atomic mass is 35.5. The van der Waals surface area contributed by atoms with Crippen molar-refractivity contribution in [2.45, 2.75) is 13.8 Å². The molecule has 0 atom stereocenters. The number of benzene rings is 1. The molecule has 8 heteroatoms. The van der Waals surface area contributed by atoms with Crippen molar-refractivity contribution in [3.63, 3.8) is 0 Å². The molecule has 2 N–H and O–H groups in total. The van der Waals surface area contributed by atoms with Gasteiger partial charge < -0.3 is 10.6 Å². The van der Waals surface area contributed by atoms with E-state index >= 15 is 0 Å². The van der Waals surface area contributed by atoms with Crippen LogP contribution in [0.3, 0.4) is 0 Å². The SMILES string of the molecule is Cc1cc(C)n(-c2ccc(NCCNC(=O)c3ccccc3Cl)nn2)n1. The molecule has 0 unspecified atom stereocenters. The van der Waals surface area contributed by atoms with Crippen LogP contribution in [0, 0.1) is 13.8 Å². The Hall–Kier alpha value is -2.93. The first-order chi connectivity index (χ1) is 12.5. The van der Waals surface area contributed by atoms with Crippen LogP contribution in [0.4, 0.5) is 5.82 Å². The first-order valence-electron chi connectivity index (χ1n) is 8.18. The highest BCUT2D eigenvalue weighted by Gasteiger charge is 2.09. The Labute approximate surface area is 156 Å². The van der Waals surface area contributed by atoms with Gasteiger partial charge in [0.15, 0.2) is 5.82 Å². The number of hydrogen-bond donors (Lipinski definition) is 2. The lowest BCUT2D eigenvalue weighted by Gasteiger charge is -2.08. The van der Waals surface area contributed by atoms with Gasteiger partial charge in [-0.25, -0.2) is 4.68 Å². The molecule has 0 aliphatic rings. The predicted octanol–water partition coefficient (Wildman–Crippen LogP) is 2.77. The Morgan fingerprint density at radius 2 is 1.92 bits per heavy atom. The Bertz CT molecular complexity index is 906. The first-order valence-corrected chi connectivity index (χ1v) is 8.56. The van der Waals surface area contributed by atoms with Gasteiger partial charge in [-0.05, 0) is 44.2 Å². The molecule has 26 heavy (non-hydrogen) atoms. The maximum atomic E-state index is 12.1. The average Bonchev–Trinajstić information content (AvgIpc) is 2.97. The Kier molecular flexibility index (Phi) is 5.48. The van der Waals surface area contributed by atoms with Crippen LogP contribution in [-0.4, -0.2) is 39.0 Å². The molecule has 0 aliphatic carbocycles. The van der Waals surface area contributed by atoms with Crippen molar-refractivity contribution in [1.29, 1.82) is 0 Å². The number of hydrogen-bond acceptors (Lipinski definition) is 5. The minimum Gasteiger partial charge on any atom is -0.367 e. The van der Waals surface area contributed by atoms with Crippen LogP contribution >= 0.6 is 11.6 Å². The third kappa shape index (κ3) is 4.18. The zero-order chi connectivity index (χ0) is 18.5. The van der Waals surface area contributed by atoms with E-state index in [9.17, 15) is 4.79 Å². The van der Waals surface area contributed by atoms with E-state index in [1.807, 2.05) is 32.0 Å². The monoisotopic (exact) mass is 370 g/mol. The van der Waals surface area contributed by atoms with E-state index in [1.165, 1.54) is 0 Å². The van der Waals surface area contributed by atoms with Gasteiger partial charge in [0.25, 0.3) is 5.91 Å². The number of nitrogens with zero attached hydrogens (tertiary/aromatic N) is 4. The van der Waals surface area contributed by atoms with Crippen molar-refractivity contribution in [2.24, 2.45) is 0 Å². The van der Waals surface area contributed by atoms with E-state index in [4.69, 9.17) is 11.6 Å². The lowest BCUT2D eigenvalue weighted by molar-refractivity contribution is 0.0955. The van der Waals surface area contributed by atoms with Gasteiger partial charge in [-0.1, -0.05) is 23.7 Å². The van der Waals surface area contributed by atoms with Crippen LogP contribution in [0.1, 0.15) is 21.7 Å². The molecule has 1 aromatic carbocycles. The molecular weight excluding hydrogens is 352 g/mol. The highest BCUT2D eigenvalue weighted by Crippen LogP contribution is 2.14. The lowest BCUT2D eigenvalue weighted by Crippen LogP contribution is -2.29. The van der Waals surface area contributed by atoms with Crippen LogP contribution in [-0.2, 0) is 0 Å². The second-order valence-corrected chi connectivity index (χ2v) is 6.19. The number of anilines is 1. The molecule has 1 amide bonds. The molecular formula is C18H19ClN6O. The summed E-state index contributed by atoms with van der Waals surface area (Å²) in [6.45, 7) is 4.86. The molecule has 2 aromatic heterocycles. The van der Waals surface area contributed by atoms with Crippen molar-refractivity contribution < 1.29 is 4.79 Å². The molecule has 0 saturated heterocycles. The summed E-state index contributed by atoms with van der Waals surface area (Å²) in [5.41, 5.74) is 2.39. The van der Waals surface area contributed by atoms with E-state index in [0.717, 1.165) is 11.4 Å². The van der Waals surface area contributed by atoms with Gasteiger partial charge in [0, 0.05) is 18.8 Å². The summed E-state index contributed by atoms with van der Waals surface area (Å²) in [5.74, 6) is 1.08. The molecule has 0 saturated carbocycles. The third-order valence-electron chi connectivity index (χ3n) is 3.71. The van der Waals surface area contributed by atoms with Gasteiger partial charge in [0.05, 0.1) is 16.3 Å². The minimum atomic E-state index is -0.205. The number of aryl methyl sites for hydroxylation is 2. The first kappa shape index (κ1) is 17.9. The fourth-order valence-electron chi connectivity index (χ4n) is 2.50. The zero-order valence-electron chi connectivity index (χ0n) is 14.5. The van der Waals surface area contributed by atoms with Crippen LogP contribution in [0.25, 0.3) is 5.82 Å². The number of aromatic nitrogens is 4. The summed E-state index contributed by atoms with van der Waals surface area (Å²) < 4.78 is 1.75. The normalized spacial score (nSPS) is 10.6. The lowest BCUT2D eigenvalue weighted by atomic mass is 10.2. The maximum absolute atomic E-state index is 12.1. The standard InChI is InChI=1S/C18H19ClN6O/c1-12-11-13(2)25(24-12)17-8-7-16(22-23-17)20-9-10-21-18(26)14-5-3-4-6-15(14)19/h3-8,11H,9-10H2,1-2H3,(H,20,22)(H,21,26). The summed E-state index contributed by atoms with van der Waals surface area (Å²) >= 11 is 6.00. The topological polar surface area (TPSA) is 84.7 Å². The fraction of sp³-hybridized carbons (Fsp3) is 0.222. The molecule has 0 radical (unpaired) electrons. The van der Waals surface area contributed by atoms with Gasteiger partial charge in [0.2, 0.25) is 0 Å². The number of nitrogens with one attached hydrogen (secondary N) is 2. The van der Waals surface area contributed by atoms with Crippen molar-refractivity contribution in [1.82, 2.24) is 25.3 Å². The summed E-state index contributed by atoms with van der Waals surface area (Å²) in [4.78, 5) is 12.1. The molecule has 7 nitrogen and oxygen atoms in total. The number of carbonyl (C=O) groups is 1. The molecule has 3 rings (SSSR count). The Balaban J connectivity index is 1.50. The number of rotatable bonds is 6. The molecule has 0 bridgehead atoms. The van der Waals surface area contributed by atoms with E-state index < -0.39 is 0 Å². The van der Waals surface area contributed by atoms with E-state index in [-0.39, 0.29) is 5.91 Å². The molecule has 134 valence electrons. The van der Waals surface area contributed by atoms with Crippen molar-refractivity contribution in [3.8, 4) is 5.82 Å². The van der Waals surface area contributed by atoms with Crippen LogP contribution in [0.5, 0.6) is 0 Å². The number of carbonyl (C=O) groups excluding carboxylic acids is 1. The van der Waals surface area contributed by atoms with Crippen LogP contribution in [0.15, 0.2) is 42.5 Å². The Morgan fingerprint density at radius 3 is 2.58 bits per heavy atom. The second-order valence-electron chi connectivity index (χ2n) is 5.78. The van der Waals surface area contributed by atoms with E-state index in [2.05, 4.69) is 25.9 Å². The highest BCUT2D eigenvalue weighted by molar-refractivity contribution is 6.33. The maximum Gasteiger partial charge on any atom is 0.252 e. The summed E-state index contributed by atoms with van der Waals surface area (Å²) in [6.07, 6.45) is 0. The molecule has 0 fully saturated rings. The van der Waals surface area contributed by atoms with Gasteiger partial charge >= 0.3 is 0 Å².